The van der Waals surface area contributed by atoms with Gasteiger partial charge in [0.05, 0.1) is 23.7 Å². The third-order valence-corrected chi connectivity index (χ3v) is 3.89. The van der Waals surface area contributed by atoms with Crippen molar-refractivity contribution < 1.29 is 9.90 Å². The first-order valence-corrected chi connectivity index (χ1v) is 7.84. The molecule has 0 aliphatic carbocycles. The number of carbonyl (C=O) groups is 1. The highest BCUT2D eigenvalue weighted by Gasteiger charge is 2.13. The molecular formula is C18H20N4O2. The second-order valence-electron chi connectivity index (χ2n) is 5.61. The van der Waals surface area contributed by atoms with Crippen LogP contribution in [0.25, 0.3) is 11.0 Å². The van der Waals surface area contributed by atoms with Crippen LogP contribution in [0.3, 0.4) is 0 Å². The van der Waals surface area contributed by atoms with Gasteiger partial charge in [0, 0.05) is 6.54 Å². The van der Waals surface area contributed by atoms with Crippen molar-refractivity contribution in [3.05, 3.63) is 65.5 Å². The van der Waals surface area contributed by atoms with Gasteiger partial charge in [-0.1, -0.05) is 36.4 Å². The molecule has 124 valence electrons. The average molecular weight is 324 g/mol. The lowest BCUT2D eigenvalue weighted by molar-refractivity contribution is 0.237. The summed E-state index contributed by atoms with van der Waals surface area (Å²) in [6.07, 6.45) is 0. The van der Waals surface area contributed by atoms with Crippen LogP contribution in [0.5, 0.6) is 0 Å². The summed E-state index contributed by atoms with van der Waals surface area (Å²) in [7, 11) is 0. The van der Waals surface area contributed by atoms with Gasteiger partial charge in [0.25, 0.3) is 0 Å². The molecule has 0 aliphatic rings. The van der Waals surface area contributed by atoms with Crippen molar-refractivity contribution in [3.8, 4) is 0 Å². The maximum Gasteiger partial charge on any atom is 0.315 e. The standard InChI is InChI=1S/C18H20N4O2/c1-12(17-21-15-8-4-5-9-16(15)22-17)20-18(24)19-10-13-6-2-3-7-14(13)11-23/h2-9,12,23H,10-11H2,1H3,(H,21,22)(H2,19,20,24). The number of nitrogens with zero attached hydrogens (tertiary/aromatic N) is 1. The highest BCUT2D eigenvalue weighted by molar-refractivity contribution is 5.76. The predicted molar refractivity (Wildman–Crippen MR) is 92.2 cm³/mol. The molecule has 0 bridgehead atoms. The number of aromatic amines is 1. The highest BCUT2D eigenvalue weighted by Crippen LogP contribution is 2.15. The van der Waals surface area contributed by atoms with E-state index in [0.717, 1.165) is 22.2 Å². The maximum absolute atomic E-state index is 12.1. The monoisotopic (exact) mass is 324 g/mol. The zero-order valence-electron chi connectivity index (χ0n) is 13.4. The van der Waals surface area contributed by atoms with Crippen LogP contribution in [0, 0.1) is 0 Å². The van der Waals surface area contributed by atoms with E-state index in [4.69, 9.17) is 0 Å². The number of carbonyl (C=O) groups excluding carboxylic acids is 1. The Balaban J connectivity index is 1.60. The van der Waals surface area contributed by atoms with Gasteiger partial charge in [0.15, 0.2) is 0 Å². The number of hydrogen-bond donors (Lipinski definition) is 4. The molecule has 0 saturated heterocycles. The lowest BCUT2D eigenvalue weighted by Crippen LogP contribution is -2.37. The molecule has 0 saturated carbocycles. The lowest BCUT2D eigenvalue weighted by atomic mass is 10.1. The minimum Gasteiger partial charge on any atom is -0.392 e. The number of aliphatic hydroxyl groups excluding tert-OH is 1. The number of benzene rings is 2. The van der Waals surface area contributed by atoms with Crippen molar-refractivity contribution in [1.29, 1.82) is 0 Å². The molecule has 0 radical (unpaired) electrons. The Morgan fingerprint density at radius 2 is 1.88 bits per heavy atom. The first-order chi connectivity index (χ1) is 11.7. The summed E-state index contributed by atoms with van der Waals surface area (Å²) in [5.41, 5.74) is 3.52. The molecule has 6 heteroatoms. The molecule has 1 atom stereocenters. The van der Waals surface area contributed by atoms with E-state index in [9.17, 15) is 9.90 Å². The van der Waals surface area contributed by atoms with Crippen LogP contribution < -0.4 is 10.6 Å². The van der Waals surface area contributed by atoms with Gasteiger partial charge in [-0.25, -0.2) is 9.78 Å². The third kappa shape index (κ3) is 3.55. The number of para-hydroxylation sites is 2. The third-order valence-electron chi connectivity index (χ3n) is 3.89. The number of rotatable bonds is 5. The minimum atomic E-state index is -0.282. The van der Waals surface area contributed by atoms with E-state index >= 15 is 0 Å². The van der Waals surface area contributed by atoms with Gasteiger partial charge in [0.1, 0.15) is 5.82 Å². The van der Waals surface area contributed by atoms with Crippen LogP contribution in [0.15, 0.2) is 48.5 Å². The quantitative estimate of drug-likeness (QED) is 0.581. The minimum absolute atomic E-state index is 0.0468. The van der Waals surface area contributed by atoms with Gasteiger partial charge in [-0.05, 0) is 30.2 Å². The maximum atomic E-state index is 12.1. The Bertz CT molecular complexity index is 811. The summed E-state index contributed by atoms with van der Waals surface area (Å²) in [5.74, 6) is 0.710. The molecule has 1 aromatic heterocycles. The molecule has 0 spiro atoms. The van der Waals surface area contributed by atoms with E-state index in [2.05, 4.69) is 20.6 Å². The Hall–Kier alpha value is -2.86. The van der Waals surface area contributed by atoms with E-state index in [1.807, 2.05) is 55.5 Å². The highest BCUT2D eigenvalue weighted by atomic mass is 16.3. The smallest absolute Gasteiger partial charge is 0.315 e. The Morgan fingerprint density at radius 1 is 1.17 bits per heavy atom. The van der Waals surface area contributed by atoms with Crippen molar-refractivity contribution in [3.63, 3.8) is 0 Å². The van der Waals surface area contributed by atoms with Crippen molar-refractivity contribution in [2.24, 2.45) is 0 Å². The molecule has 3 rings (SSSR count). The first kappa shape index (κ1) is 16.0. The van der Waals surface area contributed by atoms with E-state index in [1.165, 1.54) is 0 Å². The van der Waals surface area contributed by atoms with Crippen molar-refractivity contribution in [2.45, 2.75) is 26.1 Å². The molecule has 2 aromatic carbocycles. The van der Waals surface area contributed by atoms with E-state index in [1.54, 1.807) is 0 Å². The van der Waals surface area contributed by atoms with Crippen molar-refractivity contribution in [1.82, 2.24) is 20.6 Å². The van der Waals surface area contributed by atoms with Gasteiger partial charge >= 0.3 is 6.03 Å². The van der Waals surface area contributed by atoms with Gasteiger partial charge in [0.2, 0.25) is 0 Å². The fourth-order valence-corrected chi connectivity index (χ4v) is 2.55. The number of aliphatic hydroxyl groups is 1. The number of urea groups is 1. The van der Waals surface area contributed by atoms with E-state index in [-0.39, 0.29) is 18.7 Å². The molecule has 1 heterocycles. The zero-order valence-corrected chi connectivity index (χ0v) is 13.4. The molecular weight excluding hydrogens is 304 g/mol. The van der Waals surface area contributed by atoms with Crippen LogP contribution >= 0.6 is 0 Å². The molecule has 2 amide bonds. The topological polar surface area (TPSA) is 90.0 Å². The van der Waals surface area contributed by atoms with Crippen LogP contribution in [0.2, 0.25) is 0 Å². The number of H-pyrrole nitrogens is 1. The second-order valence-corrected chi connectivity index (χ2v) is 5.61. The van der Waals surface area contributed by atoms with Gasteiger partial charge in [-0.15, -0.1) is 0 Å². The SMILES string of the molecule is CC(NC(=O)NCc1ccccc1CO)c1nc2ccccc2[nH]1. The number of imidazole rings is 1. The molecule has 4 N–H and O–H groups in total. The van der Waals surface area contributed by atoms with E-state index < -0.39 is 0 Å². The van der Waals surface area contributed by atoms with Gasteiger partial charge in [-0.2, -0.15) is 0 Å². The van der Waals surface area contributed by atoms with Crippen LogP contribution in [0.4, 0.5) is 4.79 Å². The number of fused-ring (bicyclic) bond motifs is 1. The van der Waals surface area contributed by atoms with Crippen LogP contribution in [0.1, 0.15) is 29.9 Å². The summed E-state index contributed by atoms with van der Waals surface area (Å²) >= 11 is 0. The summed E-state index contributed by atoms with van der Waals surface area (Å²) in [5, 5.41) is 15.0. The van der Waals surface area contributed by atoms with Gasteiger partial charge < -0.3 is 20.7 Å². The number of amides is 2. The summed E-state index contributed by atoms with van der Waals surface area (Å²) in [6, 6.07) is 14.7. The Kier molecular flexibility index (Phi) is 4.77. The van der Waals surface area contributed by atoms with Crippen LogP contribution in [-0.4, -0.2) is 21.1 Å². The first-order valence-electron chi connectivity index (χ1n) is 7.84. The number of nitrogens with one attached hydrogen (secondary N) is 3. The second kappa shape index (κ2) is 7.14. The van der Waals surface area contributed by atoms with Gasteiger partial charge in [-0.3, -0.25) is 0 Å². The van der Waals surface area contributed by atoms with E-state index in [0.29, 0.717) is 12.4 Å². The average Bonchev–Trinajstić information content (AvgIpc) is 3.04. The zero-order chi connectivity index (χ0) is 16.9. The number of aromatic nitrogens is 2. The Morgan fingerprint density at radius 3 is 2.62 bits per heavy atom. The lowest BCUT2D eigenvalue weighted by Gasteiger charge is -2.13. The Labute approximate surface area is 139 Å². The predicted octanol–water partition coefficient (Wildman–Crippen LogP) is 2.62. The summed E-state index contributed by atoms with van der Waals surface area (Å²) < 4.78 is 0. The van der Waals surface area contributed by atoms with Crippen LogP contribution in [-0.2, 0) is 13.2 Å². The van der Waals surface area contributed by atoms with Crippen molar-refractivity contribution in [2.75, 3.05) is 0 Å². The molecule has 6 nitrogen and oxygen atoms in total. The fourth-order valence-electron chi connectivity index (χ4n) is 2.55. The van der Waals surface area contributed by atoms with Crippen molar-refractivity contribution >= 4 is 17.1 Å². The molecule has 1 unspecified atom stereocenters. The molecule has 24 heavy (non-hydrogen) atoms. The molecule has 0 aliphatic heterocycles. The molecule has 0 fully saturated rings. The fraction of sp³-hybridized carbons (Fsp3) is 0.222. The normalized spacial score (nSPS) is 12.1. The largest absolute Gasteiger partial charge is 0.392 e. The summed E-state index contributed by atoms with van der Waals surface area (Å²) in [6.45, 7) is 2.18. The number of hydrogen-bond acceptors (Lipinski definition) is 3. The summed E-state index contributed by atoms with van der Waals surface area (Å²) in [4.78, 5) is 19.8. The molecule has 3 aromatic rings.